The molecule has 0 saturated heterocycles. The number of rotatable bonds is 4. The lowest BCUT2D eigenvalue weighted by Gasteiger charge is -2.08. The number of anilines is 1. The summed E-state index contributed by atoms with van der Waals surface area (Å²) in [5, 5.41) is 13.1. The van der Waals surface area contributed by atoms with Gasteiger partial charge in [-0.3, -0.25) is 4.79 Å². The van der Waals surface area contributed by atoms with Crippen molar-refractivity contribution in [2.45, 2.75) is 6.42 Å². The molecule has 4 N–H and O–H groups in total. The first-order valence-electron chi connectivity index (χ1n) is 6.18. The van der Waals surface area contributed by atoms with Gasteiger partial charge >= 0.3 is 0 Å². The predicted molar refractivity (Wildman–Crippen MR) is 80.0 cm³/mol. The quantitative estimate of drug-likeness (QED) is 0.598. The number of nitrogen functional groups attached to an aromatic ring is 1. The maximum atomic E-state index is 11.9. The molecule has 5 heteroatoms. The fourth-order valence-electron chi connectivity index (χ4n) is 1.81. The highest BCUT2D eigenvalue weighted by Crippen LogP contribution is 2.24. The topological polar surface area (TPSA) is 75.4 Å². The molecular formula is C15H15ClN2O2. The van der Waals surface area contributed by atoms with E-state index >= 15 is 0 Å². The Kier molecular flexibility index (Phi) is 4.48. The van der Waals surface area contributed by atoms with Crippen LogP contribution >= 0.6 is 11.6 Å². The molecule has 0 atom stereocenters. The van der Waals surface area contributed by atoms with Gasteiger partial charge < -0.3 is 16.2 Å². The van der Waals surface area contributed by atoms with Crippen LogP contribution in [0.25, 0.3) is 0 Å². The molecule has 1 amide bonds. The normalized spacial score (nSPS) is 10.2. The Hall–Kier alpha value is -2.20. The molecule has 0 bridgehead atoms. The Morgan fingerprint density at radius 1 is 1.20 bits per heavy atom. The Morgan fingerprint density at radius 3 is 2.60 bits per heavy atom. The minimum absolute atomic E-state index is 0.182. The van der Waals surface area contributed by atoms with Gasteiger partial charge in [0.2, 0.25) is 0 Å². The number of aromatic hydroxyl groups is 1. The predicted octanol–water partition coefficient (Wildman–Crippen LogP) is 2.60. The number of hydrogen-bond donors (Lipinski definition) is 3. The van der Waals surface area contributed by atoms with Crippen molar-refractivity contribution in [3.05, 3.63) is 58.6 Å². The van der Waals surface area contributed by atoms with Crippen LogP contribution in [-0.4, -0.2) is 17.6 Å². The first-order chi connectivity index (χ1) is 9.58. The van der Waals surface area contributed by atoms with Gasteiger partial charge in [0, 0.05) is 11.6 Å². The molecule has 0 saturated carbocycles. The second-order valence-electron chi connectivity index (χ2n) is 4.38. The highest BCUT2D eigenvalue weighted by Gasteiger charge is 2.12. The zero-order valence-corrected chi connectivity index (χ0v) is 11.5. The third-order valence-electron chi connectivity index (χ3n) is 2.92. The summed E-state index contributed by atoms with van der Waals surface area (Å²) < 4.78 is 0. The minimum atomic E-state index is -0.344. The van der Waals surface area contributed by atoms with Gasteiger partial charge in [-0.1, -0.05) is 29.8 Å². The molecule has 0 fully saturated rings. The van der Waals surface area contributed by atoms with E-state index in [1.807, 2.05) is 24.3 Å². The number of carbonyl (C=O) groups excluding carboxylic acids is 1. The van der Waals surface area contributed by atoms with E-state index in [1.165, 1.54) is 6.07 Å². The molecule has 0 unspecified atom stereocenters. The maximum absolute atomic E-state index is 11.9. The van der Waals surface area contributed by atoms with E-state index in [1.54, 1.807) is 12.1 Å². The summed E-state index contributed by atoms with van der Waals surface area (Å²) in [6.07, 6.45) is 0.686. The van der Waals surface area contributed by atoms with E-state index in [9.17, 15) is 9.90 Å². The molecule has 2 aromatic carbocycles. The van der Waals surface area contributed by atoms with E-state index in [0.29, 0.717) is 18.0 Å². The molecule has 0 aliphatic rings. The molecule has 4 nitrogen and oxygen atoms in total. The molecule has 0 aromatic heterocycles. The van der Waals surface area contributed by atoms with Crippen molar-refractivity contribution < 1.29 is 9.90 Å². The van der Waals surface area contributed by atoms with Crippen LogP contribution in [0.15, 0.2) is 42.5 Å². The van der Waals surface area contributed by atoms with Gasteiger partial charge in [0.1, 0.15) is 0 Å². The smallest absolute Gasteiger partial charge is 0.255 e. The lowest BCUT2D eigenvalue weighted by Crippen LogP contribution is -2.25. The second kappa shape index (κ2) is 6.30. The SMILES string of the molecule is Nc1cccc(C(=O)NCCc2ccc(Cl)cc2)c1O. The van der Waals surface area contributed by atoms with Gasteiger partial charge in [-0.2, -0.15) is 0 Å². The number of halogens is 1. The zero-order chi connectivity index (χ0) is 14.5. The van der Waals surface area contributed by atoms with Crippen LogP contribution in [0.1, 0.15) is 15.9 Å². The molecule has 0 aliphatic heterocycles. The van der Waals surface area contributed by atoms with Crippen LogP contribution in [0.3, 0.4) is 0 Å². The number of para-hydroxylation sites is 1. The van der Waals surface area contributed by atoms with E-state index < -0.39 is 0 Å². The lowest BCUT2D eigenvalue weighted by molar-refractivity contribution is 0.0951. The van der Waals surface area contributed by atoms with Crippen LogP contribution in [0.5, 0.6) is 5.75 Å². The first kappa shape index (κ1) is 14.2. The number of phenolic OH excluding ortho intramolecular Hbond substituents is 1. The van der Waals surface area contributed by atoms with Crippen LogP contribution in [0, 0.1) is 0 Å². The Bertz CT molecular complexity index is 612. The lowest BCUT2D eigenvalue weighted by atomic mass is 10.1. The zero-order valence-electron chi connectivity index (χ0n) is 10.8. The van der Waals surface area contributed by atoms with Crippen LogP contribution in [0.4, 0.5) is 5.69 Å². The Labute approximate surface area is 122 Å². The molecule has 104 valence electrons. The monoisotopic (exact) mass is 290 g/mol. The van der Waals surface area contributed by atoms with E-state index in [2.05, 4.69) is 5.32 Å². The molecule has 0 heterocycles. The highest BCUT2D eigenvalue weighted by molar-refractivity contribution is 6.30. The first-order valence-corrected chi connectivity index (χ1v) is 6.56. The summed E-state index contributed by atoms with van der Waals surface area (Å²) >= 11 is 5.80. The number of amides is 1. The number of nitrogens with two attached hydrogens (primary N) is 1. The third kappa shape index (κ3) is 3.42. The Balaban J connectivity index is 1.92. The molecule has 20 heavy (non-hydrogen) atoms. The van der Waals surface area contributed by atoms with Gasteiger partial charge in [0.25, 0.3) is 5.91 Å². The standard InChI is InChI=1S/C15H15ClN2O2/c16-11-6-4-10(5-7-11)8-9-18-15(20)12-2-1-3-13(17)14(12)19/h1-7,19H,8-9,17H2,(H,18,20). The summed E-state index contributed by atoms with van der Waals surface area (Å²) in [6.45, 7) is 0.467. The third-order valence-corrected chi connectivity index (χ3v) is 3.18. The molecular weight excluding hydrogens is 276 g/mol. The summed E-state index contributed by atoms with van der Waals surface area (Å²) in [5.74, 6) is -0.528. The van der Waals surface area contributed by atoms with E-state index in [4.69, 9.17) is 17.3 Å². The number of phenols is 1. The van der Waals surface area contributed by atoms with Crippen LogP contribution in [-0.2, 0) is 6.42 Å². The van der Waals surface area contributed by atoms with Gasteiger partial charge in [0.05, 0.1) is 11.3 Å². The van der Waals surface area contributed by atoms with Crippen molar-refractivity contribution in [1.29, 1.82) is 0 Å². The molecule has 0 spiro atoms. The van der Waals surface area contributed by atoms with Crippen molar-refractivity contribution in [3.8, 4) is 5.75 Å². The van der Waals surface area contributed by atoms with E-state index in [0.717, 1.165) is 5.56 Å². The van der Waals surface area contributed by atoms with Crippen LogP contribution in [0.2, 0.25) is 5.02 Å². The average Bonchev–Trinajstić information content (AvgIpc) is 2.44. The fraction of sp³-hybridized carbons (Fsp3) is 0.133. The van der Waals surface area contributed by atoms with Gasteiger partial charge in [-0.25, -0.2) is 0 Å². The number of hydrogen-bond acceptors (Lipinski definition) is 3. The molecule has 0 radical (unpaired) electrons. The maximum Gasteiger partial charge on any atom is 0.255 e. The number of benzene rings is 2. The van der Waals surface area contributed by atoms with Gasteiger partial charge in [0.15, 0.2) is 5.75 Å². The largest absolute Gasteiger partial charge is 0.505 e. The van der Waals surface area contributed by atoms with Crippen molar-refractivity contribution in [1.82, 2.24) is 5.32 Å². The van der Waals surface area contributed by atoms with Crippen molar-refractivity contribution in [3.63, 3.8) is 0 Å². The number of nitrogens with one attached hydrogen (secondary N) is 1. The van der Waals surface area contributed by atoms with Gasteiger partial charge in [-0.05, 0) is 36.2 Å². The summed E-state index contributed by atoms with van der Waals surface area (Å²) in [5.41, 5.74) is 7.00. The van der Waals surface area contributed by atoms with E-state index in [-0.39, 0.29) is 22.9 Å². The van der Waals surface area contributed by atoms with Crippen molar-refractivity contribution >= 4 is 23.2 Å². The summed E-state index contributed by atoms with van der Waals surface area (Å²) in [6, 6.07) is 12.1. The summed E-state index contributed by atoms with van der Waals surface area (Å²) in [4.78, 5) is 11.9. The second-order valence-corrected chi connectivity index (χ2v) is 4.81. The molecule has 0 aliphatic carbocycles. The van der Waals surface area contributed by atoms with Crippen LogP contribution < -0.4 is 11.1 Å². The van der Waals surface area contributed by atoms with Gasteiger partial charge in [-0.15, -0.1) is 0 Å². The minimum Gasteiger partial charge on any atom is -0.505 e. The Morgan fingerprint density at radius 2 is 1.90 bits per heavy atom. The number of carbonyl (C=O) groups is 1. The fourth-order valence-corrected chi connectivity index (χ4v) is 1.94. The van der Waals surface area contributed by atoms with Crippen molar-refractivity contribution in [2.24, 2.45) is 0 Å². The van der Waals surface area contributed by atoms with Crippen molar-refractivity contribution in [2.75, 3.05) is 12.3 Å². The molecule has 2 rings (SSSR count). The summed E-state index contributed by atoms with van der Waals surface area (Å²) in [7, 11) is 0. The molecule has 2 aromatic rings. The highest BCUT2D eigenvalue weighted by atomic mass is 35.5. The average molecular weight is 291 g/mol.